The van der Waals surface area contributed by atoms with E-state index in [0.29, 0.717) is 6.61 Å². The molecule has 0 spiro atoms. The Morgan fingerprint density at radius 3 is 2.00 bits per heavy atom. The molecule has 0 unspecified atom stereocenters. The van der Waals surface area contributed by atoms with Gasteiger partial charge in [0.2, 0.25) is 0 Å². The van der Waals surface area contributed by atoms with Crippen LogP contribution in [0.3, 0.4) is 0 Å². The standard InChI is InChI=1S/C22H24N2O/c1-24-21-12-6-18(7-13-21)19-8-14-22(15-9-19)25-16-2-3-17-4-10-20(23)11-5-17/h4-15,24H,2-3,16,23H2,1H3. The van der Waals surface area contributed by atoms with Gasteiger partial charge in [-0.25, -0.2) is 0 Å². The van der Waals surface area contributed by atoms with Gasteiger partial charge in [0.05, 0.1) is 6.61 Å². The summed E-state index contributed by atoms with van der Waals surface area (Å²) in [5, 5.41) is 3.13. The van der Waals surface area contributed by atoms with E-state index in [1.165, 1.54) is 16.7 Å². The van der Waals surface area contributed by atoms with Crippen LogP contribution in [0.5, 0.6) is 5.75 Å². The first-order chi connectivity index (χ1) is 12.2. The van der Waals surface area contributed by atoms with Crippen LogP contribution >= 0.6 is 0 Å². The fraction of sp³-hybridized carbons (Fsp3) is 0.182. The molecular formula is C22H24N2O. The van der Waals surface area contributed by atoms with E-state index in [9.17, 15) is 0 Å². The number of rotatable bonds is 7. The van der Waals surface area contributed by atoms with Gasteiger partial charge >= 0.3 is 0 Å². The van der Waals surface area contributed by atoms with Gasteiger partial charge < -0.3 is 15.8 Å². The van der Waals surface area contributed by atoms with Crippen molar-refractivity contribution in [2.75, 3.05) is 24.7 Å². The molecular weight excluding hydrogens is 308 g/mol. The van der Waals surface area contributed by atoms with Gasteiger partial charge in [-0.2, -0.15) is 0 Å². The van der Waals surface area contributed by atoms with Crippen LogP contribution in [0, 0.1) is 0 Å². The molecule has 3 rings (SSSR count). The van der Waals surface area contributed by atoms with Crippen LogP contribution in [0.4, 0.5) is 11.4 Å². The number of anilines is 2. The Labute approximate surface area is 149 Å². The summed E-state index contributed by atoms with van der Waals surface area (Å²) in [7, 11) is 1.92. The molecule has 25 heavy (non-hydrogen) atoms. The fourth-order valence-electron chi connectivity index (χ4n) is 2.72. The van der Waals surface area contributed by atoms with Crippen molar-refractivity contribution in [3.63, 3.8) is 0 Å². The third kappa shape index (κ3) is 4.77. The number of nitrogens with one attached hydrogen (secondary N) is 1. The largest absolute Gasteiger partial charge is 0.494 e. The van der Waals surface area contributed by atoms with Crippen molar-refractivity contribution in [3.8, 4) is 16.9 Å². The second-order valence-electron chi connectivity index (χ2n) is 6.05. The number of hydrogen-bond acceptors (Lipinski definition) is 3. The molecule has 0 aliphatic carbocycles. The van der Waals surface area contributed by atoms with E-state index < -0.39 is 0 Å². The maximum absolute atomic E-state index is 5.84. The van der Waals surface area contributed by atoms with Crippen LogP contribution in [-0.2, 0) is 6.42 Å². The molecule has 0 radical (unpaired) electrons. The molecule has 0 aromatic heterocycles. The summed E-state index contributed by atoms with van der Waals surface area (Å²) < 4.78 is 5.84. The summed E-state index contributed by atoms with van der Waals surface area (Å²) in [5.41, 5.74) is 11.3. The Kier molecular flexibility index (Phi) is 5.57. The Bertz CT molecular complexity index is 778. The molecule has 3 nitrogen and oxygen atoms in total. The molecule has 0 amide bonds. The van der Waals surface area contributed by atoms with Crippen molar-refractivity contribution >= 4 is 11.4 Å². The average Bonchev–Trinajstić information content (AvgIpc) is 2.67. The molecule has 3 heteroatoms. The first-order valence-electron chi connectivity index (χ1n) is 8.60. The summed E-state index contributed by atoms with van der Waals surface area (Å²) >= 11 is 0. The normalized spacial score (nSPS) is 10.4. The van der Waals surface area contributed by atoms with E-state index in [-0.39, 0.29) is 0 Å². The average molecular weight is 332 g/mol. The van der Waals surface area contributed by atoms with Crippen molar-refractivity contribution in [2.45, 2.75) is 12.8 Å². The summed E-state index contributed by atoms with van der Waals surface area (Å²) in [6.07, 6.45) is 1.98. The van der Waals surface area contributed by atoms with Gasteiger partial charge in [-0.1, -0.05) is 36.4 Å². The van der Waals surface area contributed by atoms with E-state index >= 15 is 0 Å². The van der Waals surface area contributed by atoms with Gasteiger partial charge in [-0.15, -0.1) is 0 Å². The van der Waals surface area contributed by atoms with Crippen LogP contribution in [0.1, 0.15) is 12.0 Å². The summed E-state index contributed by atoms with van der Waals surface area (Å²) in [5.74, 6) is 0.910. The second-order valence-corrected chi connectivity index (χ2v) is 6.05. The third-order valence-electron chi connectivity index (χ3n) is 4.22. The van der Waals surface area contributed by atoms with Crippen molar-refractivity contribution in [2.24, 2.45) is 0 Å². The zero-order valence-electron chi connectivity index (χ0n) is 14.5. The van der Waals surface area contributed by atoms with E-state index in [4.69, 9.17) is 10.5 Å². The van der Waals surface area contributed by atoms with Crippen molar-refractivity contribution in [1.29, 1.82) is 0 Å². The van der Waals surface area contributed by atoms with E-state index in [1.807, 2.05) is 31.3 Å². The number of nitrogen functional groups attached to an aromatic ring is 1. The lowest BCUT2D eigenvalue weighted by molar-refractivity contribution is 0.311. The van der Waals surface area contributed by atoms with Crippen molar-refractivity contribution in [1.82, 2.24) is 0 Å². The second kappa shape index (κ2) is 8.25. The van der Waals surface area contributed by atoms with Gasteiger partial charge in [0.25, 0.3) is 0 Å². The highest BCUT2D eigenvalue weighted by molar-refractivity contribution is 5.66. The van der Waals surface area contributed by atoms with Crippen LogP contribution in [0.15, 0.2) is 72.8 Å². The summed E-state index contributed by atoms with van der Waals surface area (Å²) in [6.45, 7) is 0.709. The van der Waals surface area contributed by atoms with E-state index in [1.54, 1.807) is 0 Å². The molecule has 0 bridgehead atoms. The summed E-state index contributed by atoms with van der Waals surface area (Å²) in [6, 6.07) is 24.7. The molecule has 0 heterocycles. The minimum absolute atomic E-state index is 0.709. The first-order valence-corrected chi connectivity index (χ1v) is 8.60. The number of benzene rings is 3. The maximum atomic E-state index is 5.84. The summed E-state index contributed by atoms with van der Waals surface area (Å²) in [4.78, 5) is 0. The van der Waals surface area contributed by atoms with E-state index in [0.717, 1.165) is 30.0 Å². The number of nitrogens with two attached hydrogens (primary N) is 1. The van der Waals surface area contributed by atoms with Crippen LogP contribution in [0.2, 0.25) is 0 Å². The SMILES string of the molecule is CNc1ccc(-c2ccc(OCCCc3ccc(N)cc3)cc2)cc1. The monoisotopic (exact) mass is 332 g/mol. The number of hydrogen-bond donors (Lipinski definition) is 2. The smallest absolute Gasteiger partial charge is 0.119 e. The zero-order valence-corrected chi connectivity index (χ0v) is 14.5. The Morgan fingerprint density at radius 1 is 0.800 bits per heavy atom. The number of ether oxygens (including phenoxy) is 1. The first kappa shape index (κ1) is 16.9. The highest BCUT2D eigenvalue weighted by Crippen LogP contribution is 2.24. The predicted molar refractivity (Wildman–Crippen MR) is 106 cm³/mol. The van der Waals surface area contributed by atoms with Crippen LogP contribution < -0.4 is 15.8 Å². The third-order valence-corrected chi connectivity index (χ3v) is 4.22. The molecule has 3 N–H and O–H groups in total. The minimum Gasteiger partial charge on any atom is -0.494 e. The maximum Gasteiger partial charge on any atom is 0.119 e. The Hall–Kier alpha value is -2.94. The van der Waals surface area contributed by atoms with E-state index in [2.05, 4.69) is 53.8 Å². The van der Waals surface area contributed by atoms with Crippen molar-refractivity contribution < 1.29 is 4.74 Å². The fourth-order valence-corrected chi connectivity index (χ4v) is 2.72. The molecule has 128 valence electrons. The lowest BCUT2D eigenvalue weighted by Crippen LogP contribution is -1.99. The minimum atomic E-state index is 0.709. The van der Waals surface area contributed by atoms with Gasteiger partial charge in [-0.05, 0) is 65.9 Å². The Balaban J connectivity index is 1.49. The molecule has 0 aliphatic heterocycles. The van der Waals surface area contributed by atoms with Crippen LogP contribution in [-0.4, -0.2) is 13.7 Å². The van der Waals surface area contributed by atoms with Gasteiger partial charge in [0.15, 0.2) is 0 Å². The number of aryl methyl sites for hydroxylation is 1. The molecule has 0 saturated heterocycles. The van der Waals surface area contributed by atoms with Gasteiger partial charge in [-0.3, -0.25) is 0 Å². The highest BCUT2D eigenvalue weighted by atomic mass is 16.5. The topological polar surface area (TPSA) is 47.3 Å². The molecule has 0 fully saturated rings. The highest BCUT2D eigenvalue weighted by Gasteiger charge is 2.00. The Morgan fingerprint density at radius 2 is 1.40 bits per heavy atom. The quantitative estimate of drug-likeness (QED) is 0.473. The van der Waals surface area contributed by atoms with Gasteiger partial charge in [0, 0.05) is 18.4 Å². The molecule has 0 saturated carbocycles. The lowest BCUT2D eigenvalue weighted by atomic mass is 10.1. The predicted octanol–water partition coefficient (Wildman–Crippen LogP) is 4.99. The molecule has 3 aromatic rings. The zero-order chi connectivity index (χ0) is 17.5. The van der Waals surface area contributed by atoms with Crippen LogP contribution in [0.25, 0.3) is 11.1 Å². The lowest BCUT2D eigenvalue weighted by Gasteiger charge is -2.08. The van der Waals surface area contributed by atoms with Crippen molar-refractivity contribution in [3.05, 3.63) is 78.4 Å². The molecule has 3 aromatic carbocycles. The molecule has 0 atom stereocenters. The van der Waals surface area contributed by atoms with Gasteiger partial charge in [0.1, 0.15) is 5.75 Å². The molecule has 0 aliphatic rings.